The third kappa shape index (κ3) is 1.93. The molecule has 0 aliphatic rings. The Kier molecular flexibility index (Phi) is 3.28. The molecule has 2 aromatic carbocycles. The topological polar surface area (TPSA) is 58.9 Å². The number of ether oxygens (including phenoxy) is 2. The molecule has 0 heterocycles. The van der Waals surface area contributed by atoms with E-state index >= 15 is 0 Å². The lowest BCUT2D eigenvalue weighted by molar-refractivity contribution is 0.392. The van der Waals surface area contributed by atoms with Crippen molar-refractivity contribution >= 4 is 0 Å². The number of phenols is 2. The van der Waals surface area contributed by atoms with E-state index in [0.29, 0.717) is 22.6 Å². The molecule has 0 spiro atoms. The molecule has 0 saturated heterocycles. The standard InChI is InChI=1S/C14H14O4/c1-17-11-7-4-8-12(18-2)13(11)9-5-3-6-10(15)14(9)16/h3-8,15-16H,1-2H3. The van der Waals surface area contributed by atoms with Gasteiger partial charge in [-0.25, -0.2) is 0 Å². The molecule has 0 saturated carbocycles. The van der Waals surface area contributed by atoms with E-state index in [2.05, 4.69) is 0 Å². The second-order valence-corrected chi connectivity index (χ2v) is 3.71. The Morgan fingerprint density at radius 2 is 1.39 bits per heavy atom. The van der Waals surface area contributed by atoms with Crippen LogP contribution in [0.5, 0.6) is 23.0 Å². The van der Waals surface area contributed by atoms with E-state index in [1.165, 1.54) is 20.3 Å². The minimum absolute atomic E-state index is 0.180. The number of methoxy groups -OCH3 is 2. The molecule has 0 atom stereocenters. The van der Waals surface area contributed by atoms with Crippen LogP contribution in [0.2, 0.25) is 0 Å². The summed E-state index contributed by atoms with van der Waals surface area (Å²) in [6.07, 6.45) is 0. The van der Waals surface area contributed by atoms with Gasteiger partial charge in [0.25, 0.3) is 0 Å². The molecule has 0 bridgehead atoms. The van der Waals surface area contributed by atoms with Crippen LogP contribution < -0.4 is 9.47 Å². The predicted octanol–water partition coefficient (Wildman–Crippen LogP) is 2.78. The second kappa shape index (κ2) is 4.87. The highest BCUT2D eigenvalue weighted by Gasteiger charge is 2.17. The average Bonchev–Trinajstić information content (AvgIpc) is 2.41. The number of phenolic OH excluding ortho intramolecular Hbond substituents is 2. The Morgan fingerprint density at radius 1 is 0.833 bits per heavy atom. The van der Waals surface area contributed by atoms with Crippen molar-refractivity contribution < 1.29 is 19.7 Å². The van der Waals surface area contributed by atoms with Gasteiger partial charge < -0.3 is 19.7 Å². The van der Waals surface area contributed by atoms with E-state index in [9.17, 15) is 10.2 Å². The van der Waals surface area contributed by atoms with Crippen LogP contribution in [0.25, 0.3) is 11.1 Å². The highest BCUT2D eigenvalue weighted by Crippen LogP contribution is 2.44. The SMILES string of the molecule is COc1cccc(OC)c1-c1cccc(O)c1O. The van der Waals surface area contributed by atoms with Crippen LogP contribution in [0.1, 0.15) is 0 Å². The fourth-order valence-electron chi connectivity index (χ4n) is 1.85. The minimum Gasteiger partial charge on any atom is -0.504 e. The molecular weight excluding hydrogens is 232 g/mol. The molecule has 0 radical (unpaired) electrons. The number of rotatable bonds is 3. The molecule has 0 aliphatic carbocycles. The van der Waals surface area contributed by atoms with E-state index in [4.69, 9.17) is 9.47 Å². The van der Waals surface area contributed by atoms with Gasteiger partial charge in [-0.05, 0) is 18.2 Å². The van der Waals surface area contributed by atoms with Gasteiger partial charge in [0.2, 0.25) is 0 Å². The first-order valence-corrected chi connectivity index (χ1v) is 5.41. The highest BCUT2D eigenvalue weighted by atomic mass is 16.5. The predicted molar refractivity (Wildman–Crippen MR) is 68.3 cm³/mol. The first-order chi connectivity index (χ1) is 8.69. The molecule has 18 heavy (non-hydrogen) atoms. The Hall–Kier alpha value is -2.36. The lowest BCUT2D eigenvalue weighted by atomic mass is 10.0. The molecule has 94 valence electrons. The Balaban J connectivity index is 2.73. The number of hydrogen-bond acceptors (Lipinski definition) is 4. The summed E-state index contributed by atoms with van der Waals surface area (Å²) < 4.78 is 10.5. The van der Waals surface area contributed by atoms with E-state index in [1.54, 1.807) is 30.3 Å². The van der Waals surface area contributed by atoms with Gasteiger partial charge >= 0.3 is 0 Å². The molecular formula is C14H14O4. The monoisotopic (exact) mass is 246 g/mol. The fourth-order valence-corrected chi connectivity index (χ4v) is 1.85. The third-order valence-electron chi connectivity index (χ3n) is 2.71. The molecule has 2 N–H and O–H groups in total. The van der Waals surface area contributed by atoms with Crippen molar-refractivity contribution in [2.45, 2.75) is 0 Å². The molecule has 0 aliphatic heterocycles. The normalized spacial score (nSPS) is 10.1. The van der Waals surface area contributed by atoms with Gasteiger partial charge in [-0.15, -0.1) is 0 Å². The van der Waals surface area contributed by atoms with Crippen molar-refractivity contribution in [1.82, 2.24) is 0 Å². The van der Waals surface area contributed by atoms with Crippen LogP contribution in [-0.4, -0.2) is 24.4 Å². The smallest absolute Gasteiger partial charge is 0.165 e. The van der Waals surface area contributed by atoms with Crippen LogP contribution in [0, 0.1) is 0 Å². The second-order valence-electron chi connectivity index (χ2n) is 3.71. The van der Waals surface area contributed by atoms with Gasteiger partial charge in [-0.3, -0.25) is 0 Å². The summed E-state index contributed by atoms with van der Waals surface area (Å²) in [7, 11) is 3.08. The summed E-state index contributed by atoms with van der Waals surface area (Å²) in [5.74, 6) is 0.756. The highest BCUT2D eigenvalue weighted by molar-refractivity contribution is 5.82. The van der Waals surface area contributed by atoms with Gasteiger partial charge in [-0.2, -0.15) is 0 Å². The number of hydrogen-bond donors (Lipinski definition) is 2. The van der Waals surface area contributed by atoms with Crippen molar-refractivity contribution in [2.75, 3.05) is 14.2 Å². The summed E-state index contributed by atoms with van der Waals surface area (Å²) in [5, 5.41) is 19.5. The zero-order valence-corrected chi connectivity index (χ0v) is 10.2. The Bertz CT molecular complexity index is 541. The molecule has 4 nitrogen and oxygen atoms in total. The summed E-state index contributed by atoms with van der Waals surface area (Å²) in [6.45, 7) is 0. The molecule has 0 unspecified atom stereocenters. The van der Waals surface area contributed by atoms with E-state index in [-0.39, 0.29) is 11.5 Å². The van der Waals surface area contributed by atoms with Crippen LogP contribution in [-0.2, 0) is 0 Å². The van der Waals surface area contributed by atoms with Crippen molar-refractivity contribution in [3.8, 4) is 34.1 Å². The summed E-state index contributed by atoms with van der Waals surface area (Å²) in [6, 6.07) is 10.1. The molecule has 2 rings (SSSR count). The van der Waals surface area contributed by atoms with Crippen molar-refractivity contribution in [3.63, 3.8) is 0 Å². The molecule has 0 aromatic heterocycles. The van der Waals surface area contributed by atoms with Gasteiger partial charge in [-0.1, -0.05) is 18.2 Å². The largest absolute Gasteiger partial charge is 0.504 e. The van der Waals surface area contributed by atoms with E-state index in [0.717, 1.165) is 0 Å². The van der Waals surface area contributed by atoms with Crippen molar-refractivity contribution in [1.29, 1.82) is 0 Å². The zero-order valence-electron chi connectivity index (χ0n) is 10.2. The third-order valence-corrected chi connectivity index (χ3v) is 2.71. The maximum absolute atomic E-state index is 9.93. The average molecular weight is 246 g/mol. The van der Waals surface area contributed by atoms with Gasteiger partial charge in [0, 0.05) is 5.56 Å². The van der Waals surface area contributed by atoms with Gasteiger partial charge in [0.15, 0.2) is 11.5 Å². The molecule has 4 heteroatoms. The first kappa shape index (κ1) is 12.1. The minimum atomic E-state index is -0.194. The molecule has 2 aromatic rings. The molecule has 0 fully saturated rings. The number of benzene rings is 2. The Labute approximate surface area is 105 Å². The van der Waals surface area contributed by atoms with Gasteiger partial charge in [0.05, 0.1) is 19.8 Å². The van der Waals surface area contributed by atoms with Crippen LogP contribution in [0.3, 0.4) is 0 Å². The lowest BCUT2D eigenvalue weighted by Gasteiger charge is -2.14. The number of para-hydroxylation sites is 1. The van der Waals surface area contributed by atoms with Crippen LogP contribution in [0.4, 0.5) is 0 Å². The maximum Gasteiger partial charge on any atom is 0.165 e. The van der Waals surface area contributed by atoms with Gasteiger partial charge in [0.1, 0.15) is 11.5 Å². The zero-order chi connectivity index (χ0) is 13.1. The maximum atomic E-state index is 9.93. The van der Waals surface area contributed by atoms with Crippen molar-refractivity contribution in [3.05, 3.63) is 36.4 Å². The fraction of sp³-hybridized carbons (Fsp3) is 0.143. The molecule has 0 amide bonds. The van der Waals surface area contributed by atoms with Crippen LogP contribution >= 0.6 is 0 Å². The summed E-state index contributed by atoms with van der Waals surface area (Å²) in [5.41, 5.74) is 1.07. The quantitative estimate of drug-likeness (QED) is 0.817. The first-order valence-electron chi connectivity index (χ1n) is 5.41. The summed E-state index contributed by atoms with van der Waals surface area (Å²) in [4.78, 5) is 0. The Morgan fingerprint density at radius 3 is 1.94 bits per heavy atom. The number of aromatic hydroxyl groups is 2. The van der Waals surface area contributed by atoms with Crippen LogP contribution in [0.15, 0.2) is 36.4 Å². The summed E-state index contributed by atoms with van der Waals surface area (Å²) >= 11 is 0. The van der Waals surface area contributed by atoms with E-state index < -0.39 is 0 Å². The van der Waals surface area contributed by atoms with E-state index in [1.807, 2.05) is 0 Å². The lowest BCUT2D eigenvalue weighted by Crippen LogP contribution is -1.93. The van der Waals surface area contributed by atoms with Crippen molar-refractivity contribution in [2.24, 2.45) is 0 Å².